The first-order valence-corrected chi connectivity index (χ1v) is 6.40. The van der Waals surface area contributed by atoms with Gasteiger partial charge in [-0.3, -0.25) is 4.79 Å². The highest BCUT2D eigenvalue weighted by molar-refractivity contribution is 5.94. The van der Waals surface area contributed by atoms with E-state index in [-0.39, 0.29) is 11.7 Å². The molecule has 104 valence electrons. The molecule has 0 aliphatic carbocycles. The quantitative estimate of drug-likeness (QED) is 0.887. The second kappa shape index (κ2) is 6.52. The summed E-state index contributed by atoms with van der Waals surface area (Å²) in [5.41, 5.74) is 0.306. The Balaban J connectivity index is 1.83. The zero-order valence-corrected chi connectivity index (χ0v) is 10.9. The van der Waals surface area contributed by atoms with E-state index in [1.807, 2.05) is 0 Å². The fraction of sp³-hybridized carbons (Fsp3) is 0.500. The summed E-state index contributed by atoms with van der Waals surface area (Å²) in [7, 11) is 1.39. The Morgan fingerprint density at radius 3 is 3.05 bits per heavy atom. The second-order valence-corrected chi connectivity index (χ2v) is 4.62. The lowest BCUT2D eigenvalue weighted by Crippen LogP contribution is -2.26. The first-order valence-electron chi connectivity index (χ1n) is 6.40. The van der Waals surface area contributed by atoms with E-state index in [1.165, 1.54) is 19.2 Å². The summed E-state index contributed by atoms with van der Waals surface area (Å²) < 4.78 is 23.5. The maximum atomic E-state index is 13.5. The van der Waals surface area contributed by atoms with Crippen molar-refractivity contribution >= 4 is 5.91 Å². The standard InChI is InChI=1S/C14H18FNO3/c1-18-13-3-2-11(8-12(13)15)14(17)16-6-4-10-5-7-19-9-10/h2-3,8,10H,4-7,9H2,1H3,(H,16,17)/t10-/m1/s1. The van der Waals surface area contributed by atoms with Crippen molar-refractivity contribution in [3.63, 3.8) is 0 Å². The summed E-state index contributed by atoms with van der Waals surface area (Å²) in [6.45, 7) is 2.16. The minimum atomic E-state index is -0.528. The summed E-state index contributed by atoms with van der Waals surface area (Å²) in [6, 6.07) is 4.19. The van der Waals surface area contributed by atoms with Gasteiger partial charge < -0.3 is 14.8 Å². The first-order chi connectivity index (χ1) is 9.20. The Kier molecular flexibility index (Phi) is 4.74. The molecule has 1 N–H and O–H groups in total. The second-order valence-electron chi connectivity index (χ2n) is 4.62. The SMILES string of the molecule is COc1ccc(C(=O)NCC[C@@H]2CCOC2)cc1F. The molecule has 0 aromatic heterocycles. The number of carbonyl (C=O) groups excluding carboxylic acids is 1. The average molecular weight is 267 g/mol. The summed E-state index contributed by atoms with van der Waals surface area (Å²) >= 11 is 0. The van der Waals surface area contributed by atoms with Gasteiger partial charge in [0.15, 0.2) is 11.6 Å². The number of halogens is 1. The highest BCUT2D eigenvalue weighted by atomic mass is 19.1. The Morgan fingerprint density at radius 2 is 2.42 bits per heavy atom. The number of rotatable bonds is 5. The molecule has 19 heavy (non-hydrogen) atoms. The number of benzene rings is 1. The predicted octanol–water partition coefficient (Wildman–Crippen LogP) is 1.99. The number of hydrogen-bond donors (Lipinski definition) is 1. The van der Waals surface area contributed by atoms with Gasteiger partial charge in [0.05, 0.1) is 7.11 Å². The van der Waals surface area contributed by atoms with Gasteiger partial charge in [0, 0.05) is 25.3 Å². The molecule has 1 saturated heterocycles. The predicted molar refractivity (Wildman–Crippen MR) is 68.8 cm³/mol. The molecule has 5 heteroatoms. The Labute approximate surface area is 111 Å². The minimum Gasteiger partial charge on any atom is -0.494 e. The van der Waals surface area contributed by atoms with Crippen LogP contribution in [-0.2, 0) is 4.74 Å². The fourth-order valence-corrected chi connectivity index (χ4v) is 2.11. The molecule has 0 bridgehead atoms. The van der Waals surface area contributed by atoms with Crippen LogP contribution in [0.3, 0.4) is 0 Å². The molecule has 0 unspecified atom stereocenters. The van der Waals surface area contributed by atoms with Crippen LogP contribution in [0.5, 0.6) is 5.75 Å². The molecular weight excluding hydrogens is 249 g/mol. The van der Waals surface area contributed by atoms with Crippen LogP contribution in [0.4, 0.5) is 4.39 Å². The van der Waals surface area contributed by atoms with Crippen molar-refractivity contribution in [3.8, 4) is 5.75 Å². The molecule has 1 aromatic carbocycles. The molecule has 1 aromatic rings. The third kappa shape index (κ3) is 3.67. The van der Waals surface area contributed by atoms with E-state index in [0.717, 1.165) is 26.1 Å². The number of carbonyl (C=O) groups is 1. The number of ether oxygens (including phenoxy) is 2. The first kappa shape index (κ1) is 13.8. The smallest absolute Gasteiger partial charge is 0.251 e. The minimum absolute atomic E-state index is 0.139. The third-order valence-electron chi connectivity index (χ3n) is 3.28. The van der Waals surface area contributed by atoms with E-state index in [4.69, 9.17) is 9.47 Å². The monoisotopic (exact) mass is 267 g/mol. The number of hydrogen-bond acceptors (Lipinski definition) is 3. The van der Waals surface area contributed by atoms with E-state index < -0.39 is 5.82 Å². The molecule has 1 aliphatic rings. The van der Waals surface area contributed by atoms with Gasteiger partial charge in [0.25, 0.3) is 5.91 Å². The van der Waals surface area contributed by atoms with Crippen LogP contribution in [0.15, 0.2) is 18.2 Å². The normalized spacial score (nSPS) is 18.3. The van der Waals surface area contributed by atoms with Crippen molar-refractivity contribution in [2.24, 2.45) is 5.92 Å². The van der Waals surface area contributed by atoms with Gasteiger partial charge in [-0.05, 0) is 37.0 Å². The molecule has 1 atom stereocenters. The number of methoxy groups -OCH3 is 1. The number of amides is 1. The van der Waals surface area contributed by atoms with Gasteiger partial charge in [-0.1, -0.05) is 0 Å². The van der Waals surface area contributed by atoms with Gasteiger partial charge in [0.2, 0.25) is 0 Å². The molecule has 1 fully saturated rings. The Hall–Kier alpha value is -1.62. The largest absolute Gasteiger partial charge is 0.494 e. The Morgan fingerprint density at radius 1 is 1.58 bits per heavy atom. The zero-order chi connectivity index (χ0) is 13.7. The molecule has 1 amide bonds. The summed E-state index contributed by atoms with van der Waals surface area (Å²) in [4.78, 5) is 11.8. The lowest BCUT2D eigenvalue weighted by Gasteiger charge is -2.09. The summed E-state index contributed by atoms with van der Waals surface area (Å²) in [6.07, 6.45) is 1.94. The molecule has 0 spiro atoms. The van der Waals surface area contributed by atoms with Gasteiger partial charge in [-0.15, -0.1) is 0 Å². The van der Waals surface area contributed by atoms with E-state index in [2.05, 4.69) is 5.32 Å². The van der Waals surface area contributed by atoms with E-state index in [0.29, 0.717) is 18.0 Å². The van der Waals surface area contributed by atoms with Crippen molar-refractivity contribution < 1.29 is 18.7 Å². The molecule has 1 aliphatic heterocycles. The lowest BCUT2D eigenvalue weighted by molar-refractivity contribution is 0.0950. The van der Waals surface area contributed by atoms with Gasteiger partial charge >= 0.3 is 0 Å². The molecule has 0 saturated carbocycles. The van der Waals surface area contributed by atoms with Gasteiger partial charge in [-0.2, -0.15) is 0 Å². The van der Waals surface area contributed by atoms with Crippen LogP contribution in [0, 0.1) is 11.7 Å². The van der Waals surface area contributed by atoms with E-state index in [9.17, 15) is 9.18 Å². The fourth-order valence-electron chi connectivity index (χ4n) is 2.11. The molecule has 1 heterocycles. The van der Waals surface area contributed by atoms with Gasteiger partial charge in [-0.25, -0.2) is 4.39 Å². The molecule has 0 radical (unpaired) electrons. The van der Waals surface area contributed by atoms with E-state index in [1.54, 1.807) is 6.07 Å². The lowest BCUT2D eigenvalue weighted by atomic mass is 10.1. The van der Waals surface area contributed by atoms with Crippen molar-refractivity contribution in [3.05, 3.63) is 29.6 Å². The van der Waals surface area contributed by atoms with Crippen LogP contribution >= 0.6 is 0 Å². The van der Waals surface area contributed by atoms with Crippen molar-refractivity contribution in [1.29, 1.82) is 0 Å². The third-order valence-corrected chi connectivity index (χ3v) is 3.28. The number of nitrogens with one attached hydrogen (secondary N) is 1. The van der Waals surface area contributed by atoms with Crippen LogP contribution in [0.1, 0.15) is 23.2 Å². The maximum absolute atomic E-state index is 13.5. The Bertz CT molecular complexity index is 444. The highest BCUT2D eigenvalue weighted by Gasteiger charge is 2.16. The van der Waals surface area contributed by atoms with Crippen molar-refractivity contribution in [1.82, 2.24) is 5.32 Å². The van der Waals surface area contributed by atoms with Crippen molar-refractivity contribution in [2.75, 3.05) is 26.9 Å². The van der Waals surface area contributed by atoms with Crippen LogP contribution < -0.4 is 10.1 Å². The van der Waals surface area contributed by atoms with Crippen LogP contribution in [0.25, 0.3) is 0 Å². The topological polar surface area (TPSA) is 47.6 Å². The maximum Gasteiger partial charge on any atom is 0.251 e. The molecular formula is C14H18FNO3. The van der Waals surface area contributed by atoms with Crippen LogP contribution in [-0.4, -0.2) is 32.8 Å². The summed E-state index contributed by atoms with van der Waals surface area (Å²) in [5, 5.41) is 2.79. The van der Waals surface area contributed by atoms with Crippen LogP contribution in [0.2, 0.25) is 0 Å². The molecule has 4 nitrogen and oxygen atoms in total. The zero-order valence-electron chi connectivity index (χ0n) is 10.9. The van der Waals surface area contributed by atoms with Gasteiger partial charge in [0.1, 0.15) is 0 Å². The highest BCUT2D eigenvalue weighted by Crippen LogP contribution is 2.18. The molecule has 2 rings (SSSR count). The van der Waals surface area contributed by atoms with E-state index >= 15 is 0 Å². The summed E-state index contributed by atoms with van der Waals surface area (Å²) in [5.74, 6) is -0.132. The average Bonchev–Trinajstić information content (AvgIpc) is 2.91. The van der Waals surface area contributed by atoms with Crippen molar-refractivity contribution in [2.45, 2.75) is 12.8 Å².